The minimum Gasteiger partial charge on any atom is -0.497 e. The highest BCUT2D eigenvalue weighted by molar-refractivity contribution is 7.92. The number of carbonyl (C=O) groups excluding carboxylic acids is 1. The van der Waals surface area contributed by atoms with Crippen LogP contribution in [0.5, 0.6) is 5.75 Å². The summed E-state index contributed by atoms with van der Waals surface area (Å²) in [4.78, 5) is 12.7. The lowest BCUT2D eigenvalue weighted by Gasteiger charge is -2.23. The largest absolute Gasteiger partial charge is 0.497 e. The van der Waals surface area contributed by atoms with Crippen molar-refractivity contribution in [1.82, 2.24) is 5.32 Å². The molecule has 1 amide bonds. The van der Waals surface area contributed by atoms with Gasteiger partial charge in [0.1, 0.15) is 5.75 Å². The van der Waals surface area contributed by atoms with E-state index in [1.165, 1.54) is 22.5 Å². The molecule has 0 bridgehead atoms. The standard InChI is InChI=1S/C24H24N2O4S/c1-3-16-26(21-9-5-4-6-10-21)31(28,29)23-11-7-8-20(17-23)24(27)25-18-19-12-14-22(30-2)15-13-19/h3-15,17H,1,16,18H2,2H3,(H,25,27). The third kappa shape index (κ3) is 5.32. The molecule has 0 spiro atoms. The second-order valence-electron chi connectivity index (χ2n) is 6.72. The highest BCUT2D eigenvalue weighted by atomic mass is 32.2. The Bertz CT molecular complexity index is 1140. The summed E-state index contributed by atoms with van der Waals surface area (Å²) in [7, 11) is -2.29. The molecule has 3 aromatic rings. The van der Waals surface area contributed by atoms with E-state index in [0.29, 0.717) is 12.2 Å². The van der Waals surface area contributed by atoms with Crippen LogP contribution in [0.2, 0.25) is 0 Å². The first-order valence-electron chi connectivity index (χ1n) is 9.65. The molecule has 0 aliphatic heterocycles. The van der Waals surface area contributed by atoms with E-state index >= 15 is 0 Å². The molecule has 0 fully saturated rings. The van der Waals surface area contributed by atoms with Gasteiger partial charge in [0.05, 0.1) is 24.2 Å². The number of benzene rings is 3. The van der Waals surface area contributed by atoms with Crippen molar-refractivity contribution in [2.45, 2.75) is 11.4 Å². The van der Waals surface area contributed by atoms with E-state index in [2.05, 4.69) is 11.9 Å². The Labute approximate surface area is 182 Å². The molecule has 0 saturated heterocycles. The van der Waals surface area contributed by atoms with E-state index in [-0.39, 0.29) is 22.9 Å². The number of amides is 1. The lowest BCUT2D eigenvalue weighted by atomic mass is 10.2. The molecule has 0 aliphatic rings. The summed E-state index contributed by atoms with van der Waals surface area (Å²) < 4.78 is 32.9. The van der Waals surface area contributed by atoms with Gasteiger partial charge in [0, 0.05) is 12.1 Å². The van der Waals surface area contributed by atoms with E-state index in [1.54, 1.807) is 43.5 Å². The summed E-state index contributed by atoms with van der Waals surface area (Å²) in [6, 6.07) is 22.1. The molecule has 1 N–H and O–H groups in total. The molecule has 0 unspecified atom stereocenters. The lowest BCUT2D eigenvalue weighted by Crippen LogP contribution is -2.31. The minimum atomic E-state index is -3.88. The average Bonchev–Trinajstić information content (AvgIpc) is 2.81. The zero-order chi connectivity index (χ0) is 22.3. The molecule has 0 saturated carbocycles. The van der Waals surface area contributed by atoms with Gasteiger partial charge >= 0.3 is 0 Å². The first-order valence-corrected chi connectivity index (χ1v) is 11.1. The van der Waals surface area contributed by atoms with Crippen molar-refractivity contribution in [3.8, 4) is 5.75 Å². The van der Waals surface area contributed by atoms with Gasteiger partial charge in [-0.1, -0.05) is 42.5 Å². The predicted octanol–water partition coefficient (Wildman–Crippen LogP) is 4.01. The Hall–Kier alpha value is -3.58. The molecule has 0 radical (unpaired) electrons. The van der Waals surface area contributed by atoms with Gasteiger partial charge in [-0.15, -0.1) is 6.58 Å². The maximum atomic E-state index is 13.3. The Morgan fingerprint density at radius 3 is 2.39 bits per heavy atom. The van der Waals surface area contributed by atoms with Crippen molar-refractivity contribution in [3.05, 3.63) is 103 Å². The summed E-state index contributed by atoms with van der Waals surface area (Å²) >= 11 is 0. The third-order valence-electron chi connectivity index (χ3n) is 4.64. The monoisotopic (exact) mass is 436 g/mol. The van der Waals surface area contributed by atoms with Gasteiger partial charge in [0.2, 0.25) is 0 Å². The van der Waals surface area contributed by atoms with Crippen molar-refractivity contribution in [1.29, 1.82) is 0 Å². The summed E-state index contributed by atoms with van der Waals surface area (Å²) in [5.74, 6) is 0.373. The Balaban J connectivity index is 1.80. The van der Waals surface area contributed by atoms with Crippen molar-refractivity contribution in [2.75, 3.05) is 18.0 Å². The number of anilines is 1. The van der Waals surface area contributed by atoms with Crippen molar-refractivity contribution < 1.29 is 17.9 Å². The molecule has 7 heteroatoms. The first kappa shape index (κ1) is 22.1. The maximum Gasteiger partial charge on any atom is 0.264 e. The van der Waals surface area contributed by atoms with E-state index in [1.807, 2.05) is 30.3 Å². The number of sulfonamides is 1. The van der Waals surface area contributed by atoms with Gasteiger partial charge in [-0.25, -0.2) is 8.42 Å². The number of hydrogen-bond donors (Lipinski definition) is 1. The van der Waals surface area contributed by atoms with Crippen LogP contribution in [0.4, 0.5) is 5.69 Å². The molecule has 0 heterocycles. The number of nitrogens with zero attached hydrogens (tertiary/aromatic N) is 1. The maximum absolute atomic E-state index is 13.3. The molecule has 3 aromatic carbocycles. The molecule has 6 nitrogen and oxygen atoms in total. The zero-order valence-corrected chi connectivity index (χ0v) is 18.0. The van der Waals surface area contributed by atoms with Crippen LogP contribution in [-0.2, 0) is 16.6 Å². The van der Waals surface area contributed by atoms with E-state index < -0.39 is 10.0 Å². The fourth-order valence-electron chi connectivity index (χ4n) is 3.01. The van der Waals surface area contributed by atoms with Crippen LogP contribution < -0.4 is 14.4 Å². The summed E-state index contributed by atoms with van der Waals surface area (Å²) in [5, 5.41) is 2.81. The number of hydrogen-bond acceptors (Lipinski definition) is 4. The van der Waals surface area contributed by atoms with Crippen LogP contribution in [0.25, 0.3) is 0 Å². The normalized spacial score (nSPS) is 10.9. The summed E-state index contributed by atoms with van der Waals surface area (Å²) in [5.41, 5.74) is 1.69. The fraction of sp³-hybridized carbons (Fsp3) is 0.125. The van der Waals surface area contributed by atoms with E-state index in [4.69, 9.17) is 4.74 Å². The second kappa shape index (κ2) is 9.95. The van der Waals surface area contributed by atoms with Gasteiger partial charge in [0.25, 0.3) is 15.9 Å². The average molecular weight is 437 g/mol. The van der Waals surface area contributed by atoms with Gasteiger partial charge < -0.3 is 10.1 Å². The molecule has 160 valence electrons. The van der Waals surface area contributed by atoms with Crippen LogP contribution in [-0.4, -0.2) is 28.0 Å². The molecule has 0 aromatic heterocycles. The number of ether oxygens (including phenoxy) is 1. The Kier molecular flexibility index (Phi) is 7.10. The second-order valence-corrected chi connectivity index (χ2v) is 8.58. The van der Waals surface area contributed by atoms with Crippen LogP contribution in [0.15, 0.2) is 96.4 Å². The SMILES string of the molecule is C=CCN(c1ccccc1)S(=O)(=O)c1cccc(C(=O)NCc2ccc(OC)cc2)c1. The fourth-order valence-corrected chi connectivity index (χ4v) is 4.49. The van der Waals surface area contributed by atoms with Crippen LogP contribution in [0.1, 0.15) is 15.9 Å². The number of methoxy groups -OCH3 is 1. The smallest absolute Gasteiger partial charge is 0.264 e. The lowest BCUT2D eigenvalue weighted by molar-refractivity contribution is 0.0950. The molecular weight excluding hydrogens is 412 g/mol. The molecule has 31 heavy (non-hydrogen) atoms. The van der Waals surface area contributed by atoms with Crippen LogP contribution in [0.3, 0.4) is 0 Å². The molecular formula is C24H24N2O4S. The van der Waals surface area contributed by atoms with Crippen molar-refractivity contribution >= 4 is 21.6 Å². The van der Waals surface area contributed by atoms with Crippen LogP contribution in [0, 0.1) is 0 Å². The number of para-hydroxylation sites is 1. The predicted molar refractivity (Wildman–Crippen MR) is 122 cm³/mol. The minimum absolute atomic E-state index is 0.0373. The Morgan fingerprint density at radius 2 is 1.74 bits per heavy atom. The van der Waals surface area contributed by atoms with E-state index in [9.17, 15) is 13.2 Å². The highest BCUT2D eigenvalue weighted by Crippen LogP contribution is 2.24. The first-order chi connectivity index (χ1) is 15.0. The topological polar surface area (TPSA) is 75.7 Å². The van der Waals surface area contributed by atoms with Gasteiger partial charge in [-0.3, -0.25) is 9.10 Å². The van der Waals surface area contributed by atoms with Crippen molar-refractivity contribution in [3.63, 3.8) is 0 Å². The summed E-state index contributed by atoms with van der Waals surface area (Å²) in [6.45, 7) is 4.09. The summed E-state index contributed by atoms with van der Waals surface area (Å²) in [6.07, 6.45) is 1.52. The van der Waals surface area contributed by atoms with Crippen molar-refractivity contribution in [2.24, 2.45) is 0 Å². The van der Waals surface area contributed by atoms with Gasteiger partial charge in [-0.05, 0) is 48.0 Å². The molecule has 3 rings (SSSR count). The quantitative estimate of drug-likeness (QED) is 0.515. The van der Waals surface area contributed by atoms with Gasteiger partial charge in [0.15, 0.2) is 0 Å². The third-order valence-corrected chi connectivity index (χ3v) is 6.43. The number of carbonyl (C=O) groups is 1. The highest BCUT2D eigenvalue weighted by Gasteiger charge is 2.24. The Morgan fingerprint density at radius 1 is 1.03 bits per heavy atom. The molecule has 0 atom stereocenters. The zero-order valence-electron chi connectivity index (χ0n) is 17.2. The van der Waals surface area contributed by atoms with Crippen LogP contribution >= 0.6 is 0 Å². The van der Waals surface area contributed by atoms with E-state index in [0.717, 1.165) is 11.3 Å². The molecule has 0 aliphatic carbocycles. The van der Waals surface area contributed by atoms with Gasteiger partial charge in [-0.2, -0.15) is 0 Å². The number of rotatable bonds is 9. The number of nitrogens with one attached hydrogen (secondary N) is 1.